The smallest absolute Gasteiger partial charge is 0.320 e. The van der Waals surface area contributed by atoms with E-state index in [-0.39, 0.29) is 12.5 Å². The van der Waals surface area contributed by atoms with Crippen LogP contribution < -0.4 is 0 Å². The van der Waals surface area contributed by atoms with Crippen molar-refractivity contribution in [3.05, 3.63) is 11.6 Å². The zero-order chi connectivity index (χ0) is 13.8. The van der Waals surface area contributed by atoms with E-state index in [1.165, 1.54) is 5.57 Å². The molecule has 1 atom stereocenters. The number of morpholine rings is 1. The van der Waals surface area contributed by atoms with Gasteiger partial charge in [-0.3, -0.25) is 4.79 Å². The number of rotatable bonds is 2. The Morgan fingerprint density at radius 1 is 1.42 bits per heavy atom. The van der Waals surface area contributed by atoms with Crippen molar-refractivity contribution in [2.45, 2.75) is 25.9 Å². The van der Waals surface area contributed by atoms with E-state index in [1.807, 2.05) is 11.8 Å². The summed E-state index contributed by atoms with van der Waals surface area (Å²) in [5.74, 6) is -0.893. The number of carbonyl (C=O) groups excluding carboxylic acids is 1. The SMILES string of the molecule is CC1=CCCN(C(=O)N2CCOC(CC(=O)O)C2)C1. The summed E-state index contributed by atoms with van der Waals surface area (Å²) < 4.78 is 5.37. The van der Waals surface area contributed by atoms with Crippen molar-refractivity contribution in [3.63, 3.8) is 0 Å². The zero-order valence-corrected chi connectivity index (χ0v) is 11.2. The van der Waals surface area contributed by atoms with E-state index in [0.717, 1.165) is 13.0 Å². The molecule has 0 aliphatic carbocycles. The van der Waals surface area contributed by atoms with E-state index >= 15 is 0 Å². The van der Waals surface area contributed by atoms with E-state index in [2.05, 4.69) is 6.08 Å². The molecule has 0 aromatic heterocycles. The third-order valence-electron chi connectivity index (χ3n) is 3.41. The van der Waals surface area contributed by atoms with Gasteiger partial charge in [0.15, 0.2) is 0 Å². The molecule has 0 aromatic carbocycles. The minimum Gasteiger partial charge on any atom is -0.481 e. The first-order valence-corrected chi connectivity index (χ1v) is 6.59. The highest BCUT2D eigenvalue weighted by Crippen LogP contribution is 2.15. The van der Waals surface area contributed by atoms with Gasteiger partial charge in [-0.25, -0.2) is 4.79 Å². The number of carboxylic acid groups (broad SMARTS) is 1. The van der Waals surface area contributed by atoms with Crippen molar-refractivity contribution in [1.82, 2.24) is 9.80 Å². The second-order valence-electron chi connectivity index (χ2n) is 5.08. The number of carbonyl (C=O) groups is 2. The molecule has 19 heavy (non-hydrogen) atoms. The minimum absolute atomic E-state index is 0.00820. The van der Waals surface area contributed by atoms with E-state index in [1.54, 1.807) is 4.90 Å². The monoisotopic (exact) mass is 268 g/mol. The van der Waals surface area contributed by atoms with Crippen LogP contribution in [0.3, 0.4) is 0 Å². The maximum absolute atomic E-state index is 12.4. The Labute approximate surface area is 112 Å². The van der Waals surface area contributed by atoms with Crippen molar-refractivity contribution in [3.8, 4) is 0 Å². The first-order chi connectivity index (χ1) is 9.06. The largest absolute Gasteiger partial charge is 0.481 e. The van der Waals surface area contributed by atoms with E-state index in [4.69, 9.17) is 9.84 Å². The molecule has 1 unspecified atom stereocenters. The number of ether oxygens (including phenoxy) is 1. The Bertz CT molecular complexity index is 394. The first kappa shape index (κ1) is 13.9. The lowest BCUT2D eigenvalue weighted by Crippen LogP contribution is -2.52. The summed E-state index contributed by atoms with van der Waals surface area (Å²) >= 11 is 0. The van der Waals surface area contributed by atoms with Crippen LogP contribution in [-0.2, 0) is 9.53 Å². The summed E-state index contributed by atoms with van der Waals surface area (Å²) in [6.45, 7) is 4.73. The second kappa shape index (κ2) is 6.06. The van der Waals surface area contributed by atoms with Gasteiger partial charge < -0.3 is 19.6 Å². The van der Waals surface area contributed by atoms with Gasteiger partial charge in [0.25, 0.3) is 0 Å². The summed E-state index contributed by atoms with van der Waals surface area (Å²) in [4.78, 5) is 26.6. The number of amides is 2. The predicted molar refractivity (Wildman–Crippen MR) is 68.9 cm³/mol. The van der Waals surface area contributed by atoms with E-state index in [9.17, 15) is 9.59 Å². The van der Waals surface area contributed by atoms with E-state index in [0.29, 0.717) is 26.2 Å². The van der Waals surface area contributed by atoms with Crippen LogP contribution in [0.2, 0.25) is 0 Å². The molecule has 2 heterocycles. The molecule has 2 aliphatic heterocycles. The molecule has 0 radical (unpaired) electrons. The van der Waals surface area contributed by atoms with Crippen molar-refractivity contribution in [1.29, 1.82) is 0 Å². The molecular weight excluding hydrogens is 248 g/mol. The number of aliphatic carboxylic acids is 1. The van der Waals surface area contributed by atoms with Gasteiger partial charge in [-0.05, 0) is 13.3 Å². The Balaban J connectivity index is 1.91. The Hall–Kier alpha value is -1.56. The fourth-order valence-electron chi connectivity index (χ4n) is 2.49. The molecule has 0 bridgehead atoms. The van der Waals surface area contributed by atoms with Gasteiger partial charge in [0, 0.05) is 26.2 Å². The Morgan fingerprint density at radius 2 is 2.21 bits per heavy atom. The van der Waals surface area contributed by atoms with Crippen LogP contribution in [0.5, 0.6) is 0 Å². The van der Waals surface area contributed by atoms with E-state index < -0.39 is 12.1 Å². The quantitative estimate of drug-likeness (QED) is 0.756. The molecule has 2 rings (SSSR count). The first-order valence-electron chi connectivity index (χ1n) is 6.59. The van der Waals surface area contributed by atoms with Gasteiger partial charge in [-0.1, -0.05) is 11.6 Å². The van der Waals surface area contributed by atoms with Crippen molar-refractivity contribution >= 4 is 12.0 Å². The molecule has 0 spiro atoms. The van der Waals surface area contributed by atoms with Crippen LogP contribution in [0.4, 0.5) is 4.79 Å². The lowest BCUT2D eigenvalue weighted by atomic mass is 10.1. The highest BCUT2D eigenvalue weighted by atomic mass is 16.5. The number of hydrogen-bond acceptors (Lipinski definition) is 3. The van der Waals surface area contributed by atoms with Crippen LogP contribution in [-0.4, -0.2) is 65.8 Å². The highest BCUT2D eigenvalue weighted by molar-refractivity contribution is 5.75. The van der Waals surface area contributed by atoms with Crippen LogP contribution in [0, 0.1) is 0 Å². The topological polar surface area (TPSA) is 70.1 Å². The Morgan fingerprint density at radius 3 is 2.89 bits per heavy atom. The molecule has 2 amide bonds. The van der Waals surface area contributed by atoms with Gasteiger partial charge >= 0.3 is 12.0 Å². The average molecular weight is 268 g/mol. The van der Waals surface area contributed by atoms with Crippen LogP contribution in [0.1, 0.15) is 19.8 Å². The van der Waals surface area contributed by atoms with Crippen LogP contribution >= 0.6 is 0 Å². The maximum atomic E-state index is 12.4. The molecule has 1 fully saturated rings. The fraction of sp³-hybridized carbons (Fsp3) is 0.692. The molecule has 6 heteroatoms. The highest BCUT2D eigenvalue weighted by Gasteiger charge is 2.29. The minimum atomic E-state index is -0.893. The molecule has 2 aliphatic rings. The van der Waals surface area contributed by atoms with Crippen LogP contribution in [0.25, 0.3) is 0 Å². The lowest BCUT2D eigenvalue weighted by molar-refractivity contribution is -0.141. The molecule has 1 saturated heterocycles. The summed E-state index contributed by atoms with van der Waals surface area (Å²) in [5, 5.41) is 8.77. The summed E-state index contributed by atoms with van der Waals surface area (Å²) in [7, 11) is 0. The third kappa shape index (κ3) is 3.70. The van der Waals surface area contributed by atoms with Gasteiger partial charge in [0.05, 0.1) is 19.1 Å². The number of carboxylic acids is 1. The summed E-state index contributed by atoms with van der Waals surface area (Å²) in [6.07, 6.45) is 2.59. The van der Waals surface area contributed by atoms with Gasteiger partial charge in [-0.2, -0.15) is 0 Å². The van der Waals surface area contributed by atoms with Crippen molar-refractivity contribution in [2.75, 3.05) is 32.8 Å². The van der Waals surface area contributed by atoms with Gasteiger partial charge in [-0.15, -0.1) is 0 Å². The number of urea groups is 1. The van der Waals surface area contributed by atoms with Crippen molar-refractivity contribution < 1.29 is 19.4 Å². The predicted octanol–water partition coefficient (Wildman–Crippen LogP) is 0.934. The summed E-state index contributed by atoms with van der Waals surface area (Å²) in [6, 6.07) is -0.00820. The molecule has 0 aromatic rings. The lowest BCUT2D eigenvalue weighted by Gasteiger charge is -2.37. The number of hydrogen-bond donors (Lipinski definition) is 1. The maximum Gasteiger partial charge on any atom is 0.320 e. The fourth-order valence-corrected chi connectivity index (χ4v) is 2.49. The zero-order valence-electron chi connectivity index (χ0n) is 11.2. The van der Waals surface area contributed by atoms with Gasteiger partial charge in [0.1, 0.15) is 0 Å². The normalized spacial score (nSPS) is 24.1. The molecule has 0 saturated carbocycles. The molecule has 6 nitrogen and oxygen atoms in total. The van der Waals surface area contributed by atoms with Crippen molar-refractivity contribution in [2.24, 2.45) is 0 Å². The average Bonchev–Trinajstić information content (AvgIpc) is 2.37. The molecule has 106 valence electrons. The third-order valence-corrected chi connectivity index (χ3v) is 3.41. The molecular formula is C13H20N2O4. The second-order valence-corrected chi connectivity index (χ2v) is 5.08. The summed E-state index contributed by atoms with van der Waals surface area (Å²) in [5.41, 5.74) is 1.20. The Kier molecular flexibility index (Phi) is 4.42. The number of nitrogens with zero attached hydrogens (tertiary/aromatic N) is 2. The van der Waals surface area contributed by atoms with Crippen LogP contribution in [0.15, 0.2) is 11.6 Å². The standard InChI is InChI=1S/C13H20N2O4/c1-10-3-2-4-14(8-10)13(18)15-5-6-19-11(9-15)7-12(16)17/h3,11H,2,4-9H2,1H3,(H,16,17). The van der Waals surface area contributed by atoms with Gasteiger partial charge in [0.2, 0.25) is 0 Å². The molecule has 1 N–H and O–H groups in total.